The van der Waals surface area contributed by atoms with Crippen LogP contribution in [0.25, 0.3) is 0 Å². The van der Waals surface area contributed by atoms with Crippen molar-refractivity contribution in [1.82, 2.24) is 4.90 Å². The largest absolute Gasteiger partial charge is 0.376 e. The molecule has 0 rings (SSSR count). The number of aliphatic hydroxyl groups is 1. The molecule has 0 saturated carbocycles. The lowest BCUT2D eigenvalue weighted by atomic mass is 10.1. The Morgan fingerprint density at radius 2 is 1.91 bits per heavy atom. The second-order valence-corrected chi connectivity index (χ2v) is 3.33. The van der Waals surface area contributed by atoms with Crippen LogP contribution in [0.15, 0.2) is 0 Å². The molecule has 68 valence electrons. The van der Waals surface area contributed by atoms with Crippen LogP contribution in [0.1, 0.15) is 40.0 Å². The number of hydrogen-bond acceptors (Lipinski definition) is 2. The van der Waals surface area contributed by atoms with E-state index in [0.29, 0.717) is 0 Å². The normalized spacial score (nSPS) is 16.9. The summed E-state index contributed by atoms with van der Waals surface area (Å²) in [6.07, 6.45) is 3.11. The van der Waals surface area contributed by atoms with E-state index in [-0.39, 0.29) is 0 Å². The molecule has 11 heavy (non-hydrogen) atoms. The smallest absolute Gasteiger partial charge is 0.115 e. The summed E-state index contributed by atoms with van der Waals surface area (Å²) in [7, 11) is 1.95. The van der Waals surface area contributed by atoms with E-state index in [2.05, 4.69) is 13.8 Å². The fourth-order valence-corrected chi connectivity index (χ4v) is 1.04. The minimum absolute atomic E-state index is 0.606. The summed E-state index contributed by atoms with van der Waals surface area (Å²) in [6.45, 7) is 6.98. The monoisotopic (exact) mass is 159 g/mol. The molecule has 0 fully saturated rings. The molecular formula is C9H21NO. The zero-order chi connectivity index (χ0) is 8.91. The Labute approximate surface area is 70.2 Å². The van der Waals surface area contributed by atoms with Crippen LogP contribution in [-0.2, 0) is 0 Å². The van der Waals surface area contributed by atoms with Gasteiger partial charge in [0, 0.05) is 0 Å². The second-order valence-electron chi connectivity index (χ2n) is 3.33. The molecule has 0 aliphatic carbocycles. The molecule has 0 radical (unpaired) electrons. The number of rotatable bonds is 5. The average molecular weight is 159 g/mol. The molecule has 0 aliphatic heterocycles. The van der Waals surface area contributed by atoms with Gasteiger partial charge in [0.05, 0.1) is 0 Å². The van der Waals surface area contributed by atoms with Gasteiger partial charge >= 0.3 is 0 Å². The minimum Gasteiger partial charge on any atom is -0.376 e. The Morgan fingerprint density at radius 1 is 1.36 bits per heavy atom. The molecule has 0 bridgehead atoms. The fourth-order valence-electron chi connectivity index (χ4n) is 1.04. The molecule has 0 aromatic rings. The summed E-state index contributed by atoms with van der Waals surface area (Å²) in [5, 5.41) is 9.84. The molecule has 2 heteroatoms. The number of unbranched alkanes of at least 4 members (excludes halogenated alkanes) is 1. The number of nitrogens with zero attached hydrogens (tertiary/aromatic N) is 1. The zero-order valence-corrected chi connectivity index (χ0v) is 8.22. The van der Waals surface area contributed by atoms with Crippen molar-refractivity contribution in [2.24, 2.45) is 0 Å². The Bertz CT molecular complexity index is 102. The maximum atomic E-state index is 9.84. The fraction of sp³-hybridized carbons (Fsp3) is 1.00. The highest BCUT2D eigenvalue weighted by molar-refractivity contribution is 4.69. The van der Waals surface area contributed by atoms with Crippen molar-refractivity contribution in [3.8, 4) is 0 Å². The first kappa shape index (κ1) is 10.9. The van der Waals surface area contributed by atoms with E-state index in [1.807, 2.05) is 18.9 Å². The first-order chi connectivity index (χ1) is 5.04. The molecule has 2 nitrogen and oxygen atoms in total. The van der Waals surface area contributed by atoms with Crippen LogP contribution < -0.4 is 0 Å². The van der Waals surface area contributed by atoms with Crippen LogP contribution in [-0.4, -0.2) is 29.3 Å². The van der Waals surface area contributed by atoms with Crippen LogP contribution in [0, 0.1) is 0 Å². The van der Waals surface area contributed by atoms with Gasteiger partial charge in [0.1, 0.15) is 5.72 Å². The van der Waals surface area contributed by atoms with Gasteiger partial charge in [0.2, 0.25) is 0 Å². The van der Waals surface area contributed by atoms with Gasteiger partial charge in [0.25, 0.3) is 0 Å². The third-order valence-electron chi connectivity index (χ3n) is 2.30. The van der Waals surface area contributed by atoms with Crippen LogP contribution in [0.4, 0.5) is 0 Å². The van der Waals surface area contributed by atoms with Crippen molar-refractivity contribution >= 4 is 0 Å². The van der Waals surface area contributed by atoms with Crippen molar-refractivity contribution < 1.29 is 5.11 Å². The van der Waals surface area contributed by atoms with Crippen LogP contribution in [0.3, 0.4) is 0 Å². The van der Waals surface area contributed by atoms with Gasteiger partial charge in [-0.15, -0.1) is 0 Å². The Morgan fingerprint density at radius 3 is 2.27 bits per heavy atom. The molecule has 0 saturated heterocycles. The van der Waals surface area contributed by atoms with E-state index in [0.717, 1.165) is 25.8 Å². The molecule has 0 aromatic heterocycles. The van der Waals surface area contributed by atoms with E-state index >= 15 is 0 Å². The topological polar surface area (TPSA) is 23.5 Å². The molecule has 0 aliphatic rings. The minimum atomic E-state index is -0.606. The maximum absolute atomic E-state index is 9.84. The molecule has 0 aromatic carbocycles. The van der Waals surface area contributed by atoms with Gasteiger partial charge in [0.15, 0.2) is 0 Å². The van der Waals surface area contributed by atoms with Gasteiger partial charge in [-0.1, -0.05) is 20.3 Å². The van der Waals surface area contributed by atoms with E-state index in [9.17, 15) is 5.11 Å². The molecule has 1 N–H and O–H groups in total. The van der Waals surface area contributed by atoms with Crippen molar-refractivity contribution in [1.29, 1.82) is 0 Å². The van der Waals surface area contributed by atoms with E-state index in [1.54, 1.807) is 0 Å². The summed E-state index contributed by atoms with van der Waals surface area (Å²) in [5.74, 6) is 0. The first-order valence-corrected chi connectivity index (χ1v) is 4.48. The van der Waals surface area contributed by atoms with Crippen LogP contribution >= 0.6 is 0 Å². The summed E-state index contributed by atoms with van der Waals surface area (Å²) in [5.41, 5.74) is -0.606. The van der Waals surface area contributed by atoms with E-state index in [1.165, 1.54) is 0 Å². The summed E-state index contributed by atoms with van der Waals surface area (Å²) < 4.78 is 0. The van der Waals surface area contributed by atoms with Crippen molar-refractivity contribution in [3.05, 3.63) is 0 Å². The van der Waals surface area contributed by atoms with Gasteiger partial charge in [-0.2, -0.15) is 0 Å². The predicted octanol–water partition coefficient (Wildman–Crippen LogP) is 1.84. The second kappa shape index (κ2) is 4.73. The highest BCUT2D eigenvalue weighted by Gasteiger charge is 2.23. The SMILES string of the molecule is CCCCC(C)(O)N(C)CC. The van der Waals surface area contributed by atoms with Gasteiger partial charge < -0.3 is 5.11 Å². The Balaban J connectivity index is 3.77. The van der Waals surface area contributed by atoms with Gasteiger partial charge in [-0.3, -0.25) is 4.90 Å². The quantitative estimate of drug-likeness (QED) is 0.619. The van der Waals surface area contributed by atoms with Crippen LogP contribution in [0.2, 0.25) is 0 Å². The Hall–Kier alpha value is -0.0800. The third-order valence-corrected chi connectivity index (χ3v) is 2.30. The van der Waals surface area contributed by atoms with E-state index < -0.39 is 5.72 Å². The maximum Gasteiger partial charge on any atom is 0.115 e. The highest BCUT2D eigenvalue weighted by atomic mass is 16.3. The van der Waals surface area contributed by atoms with Crippen molar-refractivity contribution in [2.75, 3.05) is 13.6 Å². The molecule has 1 unspecified atom stereocenters. The first-order valence-electron chi connectivity index (χ1n) is 4.48. The number of hydrogen-bond donors (Lipinski definition) is 1. The molecule has 0 spiro atoms. The van der Waals surface area contributed by atoms with Crippen LogP contribution in [0.5, 0.6) is 0 Å². The molecule has 1 atom stereocenters. The summed E-state index contributed by atoms with van der Waals surface area (Å²) >= 11 is 0. The Kier molecular flexibility index (Phi) is 4.69. The van der Waals surface area contributed by atoms with Gasteiger partial charge in [-0.25, -0.2) is 0 Å². The zero-order valence-electron chi connectivity index (χ0n) is 8.22. The molecule has 0 heterocycles. The third kappa shape index (κ3) is 3.73. The van der Waals surface area contributed by atoms with Gasteiger partial charge in [-0.05, 0) is 33.4 Å². The lowest BCUT2D eigenvalue weighted by Crippen LogP contribution is -2.43. The average Bonchev–Trinajstić information content (AvgIpc) is 1.99. The van der Waals surface area contributed by atoms with E-state index in [4.69, 9.17) is 0 Å². The molecule has 0 amide bonds. The lowest BCUT2D eigenvalue weighted by molar-refractivity contribution is -0.0842. The molecular weight excluding hydrogens is 138 g/mol. The summed E-state index contributed by atoms with van der Waals surface area (Å²) in [4.78, 5) is 1.97. The standard InChI is InChI=1S/C9H21NO/c1-5-7-8-9(3,11)10(4)6-2/h11H,5-8H2,1-4H3. The predicted molar refractivity (Wildman–Crippen MR) is 48.5 cm³/mol. The van der Waals surface area contributed by atoms with Crippen molar-refractivity contribution in [3.63, 3.8) is 0 Å². The highest BCUT2D eigenvalue weighted by Crippen LogP contribution is 2.16. The lowest BCUT2D eigenvalue weighted by Gasteiger charge is -2.33. The summed E-state index contributed by atoms with van der Waals surface area (Å²) in [6, 6.07) is 0. The van der Waals surface area contributed by atoms with Crippen molar-refractivity contribution in [2.45, 2.75) is 45.8 Å².